The normalized spacial score (nSPS) is 17.6. The van der Waals surface area contributed by atoms with Gasteiger partial charge in [0.2, 0.25) is 0 Å². The molecule has 1 unspecified atom stereocenters. The molecule has 1 saturated heterocycles. The van der Waals surface area contributed by atoms with Crippen molar-refractivity contribution in [2.75, 3.05) is 18.0 Å². The standard InChI is InChI=1S/C18H19ClFN3O/c1-12-4-6-15(20)16(9-12)23-8-2-3-14(11-23)22-18(24)13-5-7-17(19)21-10-13/h4-7,9-10,14H,2-3,8,11H2,1H3,(H,22,24). The molecule has 24 heavy (non-hydrogen) atoms. The smallest absolute Gasteiger partial charge is 0.253 e. The average Bonchev–Trinajstić information content (AvgIpc) is 2.58. The van der Waals surface area contributed by atoms with Crippen molar-refractivity contribution in [1.29, 1.82) is 0 Å². The second-order valence-electron chi connectivity index (χ2n) is 6.08. The molecule has 1 atom stereocenters. The molecule has 2 aromatic rings. The second-order valence-corrected chi connectivity index (χ2v) is 6.47. The largest absolute Gasteiger partial charge is 0.367 e. The molecule has 1 aliphatic heterocycles. The van der Waals surface area contributed by atoms with Gasteiger partial charge in [-0.3, -0.25) is 4.79 Å². The van der Waals surface area contributed by atoms with E-state index in [2.05, 4.69) is 10.3 Å². The molecule has 1 N–H and O–H groups in total. The van der Waals surface area contributed by atoms with E-state index in [0.717, 1.165) is 24.9 Å². The summed E-state index contributed by atoms with van der Waals surface area (Å²) in [7, 11) is 0. The molecule has 1 aromatic carbocycles. The van der Waals surface area contributed by atoms with Crippen LogP contribution in [0.1, 0.15) is 28.8 Å². The van der Waals surface area contributed by atoms with Gasteiger partial charge in [-0.1, -0.05) is 17.7 Å². The van der Waals surface area contributed by atoms with Crippen molar-refractivity contribution in [2.24, 2.45) is 0 Å². The molecule has 0 spiro atoms. The maximum absolute atomic E-state index is 14.1. The van der Waals surface area contributed by atoms with Gasteiger partial charge in [0.05, 0.1) is 11.3 Å². The number of anilines is 1. The summed E-state index contributed by atoms with van der Waals surface area (Å²) in [4.78, 5) is 18.2. The predicted molar refractivity (Wildman–Crippen MR) is 93.1 cm³/mol. The van der Waals surface area contributed by atoms with Gasteiger partial charge in [0.1, 0.15) is 11.0 Å². The minimum absolute atomic E-state index is 0.0261. The number of amides is 1. The number of nitrogens with zero attached hydrogens (tertiary/aromatic N) is 2. The minimum atomic E-state index is -0.227. The lowest BCUT2D eigenvalue weighted by atomic mass is 10.0. The molecule has 6 heteroatoms. The topological polar surface area (TPSA) is 45.2 Å². The van der Waals surface area contributed by atoms with Crippen molar-refractivity contribution in [1.82, 2.24) is 10.3 Å². The van der Waals surface area contributed by atoms with E-state index in [9.17, 15) is 9.18 Å². The Labute approximate surface area is 145 Å². The van der Waals surface area contributed by atoms with E-state index in [1.807, 2.05) is 17.9 Å². The number of carbonyl (C=O) groups is 1. The van der Waals surface area contributed by atoms with Crippen LogP contribution in [0.4, 0.5) is 10.1 Å². The van der Waals surface area contributed by atoms with Crippen molar-refractivity contribution in [3.05, 3.63) is 58.6 Å². The summed E-state index contributed by atoms with van der Waals surface area (Å²) < 4.78 is 14.1. The number of benzene rings is 1. The van der Waals surface area contributed by atoms with Crippen LogP contribution in [0.2, 0.25) is 5.15 Å². The van der Waals surface area contributed by atoms with Crippen molar-refractivity contribution in [2.45, 2.75) is 25.8 Å². The molecule has 1 amide bonds. The number of hydrogen-bond acceptors (Lipinski definition) is 3. The highest BCUT2D eigenvalue weighted by Crippen LogP contribution is 2.24. The zero-order valence-corrected chi connectivity index (χ0v) is 14.2. The number of nitrogens with one attached hydrogen (secondary N) is 1. The second kappa shape index (κ2) is 7.18. The Bertz CT molecular complexity index is 736. The number of hydrogen-bond donors (Lipinski definition) is 1. The molecule has 0 saturated carbocycles. The first-order chi connectivity index (χ1) is 11.5. The van der Waals surface area contributed by atoms with Gasteiger partial charge in [0.15, 0.2) is 0 Å². The average molecular weight is 348 g/mol. The summed E-state index contributed by atoms with van der Waals surface area (Å²) in [5.41, 5.74) is 2.09. The van der Waals surface area contributed by atoms with Crippen LogP contribution in [0, 0.1) is 12.7 Å². The fraction of sp³-hybridized carbons (Fsp3) is 0.333. The lowest BCUT2D eigenvalue weighted by Gasteiger charge is -2.35. The van der Waals surface area contributed by atoms with E-state index >= 15 is 0 Å². The number of halogens is 2. The highest BCUT2D eigenvalue weighted by molar-refractivity contribution is 6.29. The van der Waals surface area contributed by atoms with Gasteiger partial charge in [-0.05, 0) is 49.6 Å². The number of carbonyl (C=O) groups excluding carboxylic acids is 1. The number of aromatic nitrogens is 1. The molecular weight excluding hydrogens is 329 g/mol. The van der Waals surface area contributed by atoms with Crippen LogP contribution < -0.4 is 10.2 Å². The molecule has 0 aliphatic carbocycles. The van der Waals surface area contributed by atoms with Gasteiger partial charge in [-0.2, -0.15) is 0 Å². The summed E-state index contributed by atoms with van der Waals surface area (Å²) in [5, 5.41) is 3.35. The Morgan fingerprint density at radius 3 is 2.96 bits per heavy atom. The molecule has 1 aliphatic rings. The third kappa shape index (κ3) is 3.85. The zero-order chi connectivity index (χ0) is 17.1. The van der Waals surface area contributed by atoms with Crippen LogP contribution in [-0.2, 0) is 0 Å². The van der Waals surface area contributed by atoms with Gasteiger partial charge in [0.25, 0.3) is 5.91 Å². The molecule has 2 heterocycles. The van der Waals surface area contributed by atoms with E-state index < -0.39 is 0 Å². The zero-order valence-electron chi connectivity index (χ0n) is 13.4. The Balaban J connectivity index is 1.68. The van der Waals surface area contributed by atoms with Crippen LogP contribution >= 0.6 is 11.6 Å². The Hall–Kier alpha value is -2.14. The summed E-state index contributed by atoms with van der Waals surface area (Å²) >= 11 is 5.74. The summed E-state index contributed by atoms with van der Waals surface area (Å²) in [6, 6.07) is 8.31. The first-order valence-corrected chi connectivity index (χ1v) is 8.34. The van der Waals surface area contributed by atoms with E-state index in [0.29, 0.717) is 22.9 Å². The Morgan fingerprint density at radius 2 is 2.21 bits per heavy atom. The fourth-order valence-electron chi connectivity index (χ4n) is 2.96. The first-order valence-electron chi connectivity index (χ1n) is 7.96. The maximum Gasteiger partial charge on any atom is 0.253 e. The molecule has 0 radical (unpaired) electrons. The number of aryl methyl sites for hydroxylation is 1. The molecule has 126 valence electrons. The van der Waals surface area contributed by atoms with Gasteiger partial charge < -0.3 is 10.2 Å². The molecule has 4 nitrogen and oxygen atoms in total. The molecule has 1 fully saturated rings. The quantitative estimate of drug-likeness (QED) is 0.863. The molecular formula is C18H19ClFN3O. The van der Waals surface area contributed by atoms with E-state index in [1.54, 1.807) is 18.2 Å². The monoisotopic (exact) mass is 347 g/mol. The lowest BCUT2D eigenvalue weighted by Crippen LogP contribution is -2.48. The van der Waals surface area contributed by atoms with E-state index in [-0.39, 0.29) is 17.8 Å². The SMILES string of the molecule is Cc1ccc(F)c(N2CCCC(NC(=O)c3ccc(Cl)nc3)C2)c1. The van der Waals surface area contributed by atoms with Gasteiger partial charge in [0, 0.05) is 25.3 Å². The van der Waals surface area contributed by atoms with Gasteiger partial charge in [-0.25, -0.2) is 9.37 Å². The highest BCUT2D eigenvalue weighted by atomic mass is 35.5. The maximum atomic E-state index is 14.1. The molecule has 1 aromatic heterocycles. The number of piperidine rings is 1. The van der Waals surface area contributed by atoms with Crippen molar-refractivity contribution >= 4 is 23.2 Å². The Morgan fingerprint density at radius 1 is 1.38 bits per heavy atom. The predicted octanol–water partition coefficient (Wildman–Crippen LogP) is 3.58. The number of pyridine rings is 1. The van der Waals surface area contributed by atoms with Crippen LogP contribution in [0.15, 0.2) is 36.5 Å². The third-order valence-corrected chi connectivity index (χ3v) is 4.41. The van der Waals surface area contributed by atoms with Crippen LogP contribution in [0.3, 0.4) is 0 Å². The van der Waals surface area contributed by atoms with Crippen molar-refractivity contribution < 1.29 is 9.18 Å². The molecule has 3 rings (SSSR count). The van der Waals surface area contributed by atoms with Gasteiger partial charge in [-0.15, -0.1) is 0 Å². The first kappa shape index (κ1) is 16.7. The fourth-order valence-corrected chi connectivity index (χ4v) is 3.07. The summed E-state index contributed by atoms with van der Waals surface area (Å²) in [5.74, 6) is -0.412. The van der Waals surface area contributed by atoms with Crippen LogP contribution in [0.25, 0.3) is 0 Å². The van der Waals surface area contributed by atoms with Gasteiger partial charge >= 0.3 is 0 Å². The summed E-state index contributed by atoms with van der Waals surface area (Å²) in [6.45, 7) is 3.32. The van der Waals surface area contributed by atoms with Crippen molar-refractivity contribution in [3.63, 3.8) is 0 Å². The molecule has 0 bridgehead atoms. The Kier molecular flexibility index (Phi) is 5.00. The van der Waals surface area contributed by atoms with Crippen LogP contribution in [0.5, 0.6) is 0 Å². The van der Waals surface area contributed by atoms with Crippen molar-refractivity contribution in [3.8, 4) is 0 Å². The van der Waals surface area contributed by atoms with E-state index in [1.165, 1.54) is 12.3 Å². The van der Waals surface area contributed by atoms with Crippen LogP contribution in [-0.4, -0.2) is 30.0 Å². The minimum Gasteiger partial charge on any atom is -0.367 e. The lowest BCUT2D eigenvalue weighted by molar-refractivity contribution is 0.0933. The highest BCUT2D eigenvalue weighted by Gasteiger charge is 2.23. The van der Waals surface area contributed by atoms with E-state index in [4.69, 9.17) is 11.6 Å². The third-order valence-electron chi connectivity index (χ3n) is 4.19. The summed E-state index contributed by atoms with van der Waals surface area (Å²) in [6.07, 6.45) is 3.23. The number of rotatable bonds is 3.